The summed E-state index contributed by atoms with van der Waals surface area (Å²) in [5.41, 5.74) is 0. The van der Waals surface area contributed by atoms with Gasteiger partial charge < -0.3 is 0 Å². The van der Waals surface area contributed by atoms with Crippen LogP contribution in [0, 0.1) is 0 Å². The molecule has 2 nitrogen and oxygen atoms in total. The van der Waals surface area contributed by atoms with Gasteiger partial charge in [0.05, 0.1) is 4.99 Å². The average Bonchev–Trinajstić information content (AvgIpc) is 1.77. The summed E-state index contributed by atoms with van der Waals surface area (Å²) < 4.78 is 0. The molecule has 0 saturated carbocycles. The van der Waals surface area contributed by atoms with Crippen molar-refractivity contribution in [1.29, 1.82) is 0 Å². The smallest absolute Gasteiger partial charge is 0.281 e. The molecule has 0 unspecified atom stereocenters. The molecule has 1 aliphatic rings. The van der Waals surface area contributed by atoms with E-state index in [4.69, 9.17) is 0 Å². The Balaban J connectivity index is 2.89. The minimum atomic E-state index is -0.178. The number of carbonyl (C=O) groups excluding carboxylic acids is 1. The van der Waals surface area contributed by atoms with Crippen LogP contribution in [0.15, 0.2) is 12.2 Å². The molecular weight excluding hydrogens is 122 g/mol. The first kappa shape index (κ1) is 5.31. The minimum absolute atomic E-state index is 0.146. The standard InChI is InChI=1S/C5H3NOS/c7-4-2-1-3-6-5(4)8/h1-3H/q+1. The Labute approximate surface area is 51.9 Å². The molecule has 0 saturated heterocycles. The lowest BCUT2D eigenvalue weighted by Crippen LogP contribution is -2.17. The Kier molecular flexibility index (Phi) is 1.30. The van der Waals surface area contributed by atoms with Crippen molar-refractivity contribution in [3.63, 3.8) is 0 Å². The summed E-state index contributed by atoms with van der Waals surface area (Å²) in [5.74, 6) is -0.178. The van der Waals surface area contributed by atoms with Gasteiger partial charge in [-0.3, -0.25) is 4.79 Å². The number of aliphatic imine (C=N–C) groups is 1. The zero-order valence-corrected chi connectivity index (χ0v) is 4.81. The largest absolute Gasteiger partial charge is 0.388 e. The van der Waals surface area contributed by atoms with Crippen molar-refractivity contribution in [2.24, 2.45) is 0 Å². The van der Waals surface area contributed by atoms with Crippen LogP contribution in [0.4, 0.5) is 0 Å². The molecule has 1 radical (unpaired) electrons. The van der Waals surface area contributed by atoms with Crippen LogP contribution in [-0.2, 0) is 4.79 Å². The lowest BCUT2D eigenvalue weighted by Gasteiger charge is -1.78. The van der Waals surface area contributed by atoms with E-state index in [9.17, 15) is 4.79 Å². The molecule has 0 amide bonds. The van der Waals surface area contributed by atoms with Crippen molar-refractivity contribution in [1.82, 2.24) is 4.99 Å². The van der Waals surface area contributed by atoms with E-state index in [1.54, 1.807) is 6.08 Å². The van der Waals surface area contributed by atoms with E-state index in [-0.39, 0.29) is 10.8 Å². The number of carbonyl (C=O) groups is 1. The molecule has 0 aromatic carbocycles. The number of hydrogen-bond donors (Lipinski definition) is 0. The number of allylic oxidation sites excluding steroid dienone is 1. The van der Waals surface area contributed by atoms with Crippen molar-refractivity contribution in [2.45, 2.75) is 0 Å². The van der Waals surface area contributed by atoms with Crippen LogP contribution < -0.4 is 4.99 Å². The summed E-state index contributed by atoms with van der Waals surface area (Å²) in [5, 5.41) is 0. The highest BCUT2D eigenvalue weighted by Crippen LogP contribution is 1.82. The van der Waals surface area contributed by atoms with E-state index in [0.717, 1.165) is 0 Å². The molecule has 0 atom stereocenters. The third kappa shape index (κ3) is 0.869. The maximum atomic E-state index is 10.5. The summed E-state index contributed by atoms with van der Waals surface area (Å²) in [7, 11) is 0. The fourth-order valence-corrected chi connectivity index (χ4v) is 0.505. The van der Waals surface area contributed by atoms with E-state index < -0.39 is 0 Å². The Morgan fingerprint density at radius 2 is 2.38 bits per heavy atom. The number of nitrogens with zero attached hydrogens (tertiary/aromatic N) is 1. The van der Waals surface area contributed by atoms with Crippen molar-refractivity contribution >= 4 is 29.2 Å². The average molecular weight is 125 g/mol. The predicted octanol–water partition coefficient (Wildman–Crippen LogP) is -0.141. The van der Waals surface area contributed by atoms with Gasteiger partial charge in [-0.15, -0.1) is 0 Å². The first-order chi connectivity index (χ1) is 3.80. The maximum Gasteiger partial charge on any atom is 0.388 e. The summed E-state index contributed by atoms with van der Waals surface area (Å²) >= 11 is 4.53. The van der Waals surface area contributed by atoms with Crippen molar-refractivity contribution in [3.05, 3.63) is 12.2 Å². The van der Waals surface area contributed by atoms with Crippen LogP contribution in [-0.4, -0.2) is 17.0 Å². The van der Waals surface area contributed by atoms with E-state index in [1.807, 2.05) is 0 Å². The third-order valence-corrected chi connectivity index (χ3v) is 1.04. The second-order valence-electron chi connectivity index (χ2n) is 1.31. The molecule has 0 bridgehead atoms. The SMILES string of the molecule is O=C1C=CC=[N+]C1=S. The quantitative estimate of drug-likeness (QED) is 0.422. The van der Waals surface area contributed by atoms with Gasteiger partial charge in [0.25, 0.3) is 5.78 Å². The lowest BCUT2D eigenvalue weighted by atomic mass is 10.3. The first-order valence-electron chi connectivity index (χ1n) is 2.10. The number of dihydropyridines is 1. The molecule has 39 valence electrons. The number of rotatable bonds is 0. The van der Waals surface area contributed by atoms with Gasteiger partial charge in [-0.2, -0.15) is 0 Å². The topological polar surface area (TPSA) is 31.2 Å². The number of ketones is 1. The first-order valence-corrected chi connectivity index (χ1v) is 2.50. The highest BCUT2D eigenvalue weighted by atomic mass is 32.1. The monoisotopic (exact) mass is 125 g/mol. The van der Waals surface area contributed by atoms with Gasteiger partial charge >= 0.3 is 4.99 Å². The van der Waals surface area contributed by atoms with Gasteiger partial charge in [0.2, 0.25) is 6.21 Å². The molecule has 0 aliphatic carbocycles. The van der Waals surface area contributed by atoms with Crippen LogP contribution >= 0.6 is 12.2 Å². The summed E-state index contributed by atoms with van der Waals surface area (Å²) in [4.78, 5) is 14.2. The Morgan fingerprint density at radius 1 is 1.62 bits per heavy atom. The molecule has 8 heavy (non-hydrogen) atoms. The second-order valence-corrected chi connectivity index (χ2v) is 1.69. The van der Waals surface area contributed by atoms with Crippen LogP contribution in [0.1, 0.15) is 0 Å². The minimum Gasteiger partial charge on any atom is -0.281 e. The van der Waals surface area contributed by atoms with Crippen LogP contribution in [0.2, 0.25) is 0 Å². The van der Waals surface area contributed by atoms with E-state index in [0.29, 0.717) is 0 Å². The van der Waals surface area contributed by atoms with Gasteiger partial charge in [-0.1, -0.05) is 0 Å². The van der Waals surface area contributed by atoms with Crippen LogP contribution in [0.25, 0.3) is 0 Å². The molecule has 0 aromatic rings. The normalized spacial score (nSPS) is 17.5. The van der Waals surface area contributed by atoms with E-state index in [2.05, 4.69) is 17.2 Å². The summed E-state index contributed by atoms with van der Waals surface area (Å²) in [6.45, 7) is 0. The number of thiocarbonyl (C=S) groups is 1. The molecule has 3 heteroatoms. The van der Waals surface area contributed by atoms with Gasteiger partial charge in [-0.25, -0.2) is 0 Å². The maximum absolute atomic E-state index is 10.5. The van der Waals surface area contributed by atoms with Crippen LogP contribution in [0.3, 0.4) is 0 Å². The highest BCUT2D eigenvalue weighted by molar-refractivity contribution is 7.82. The Bertz CT molecular complexity index is 171. The molecule has 0 fully saturated rings. The lowest BCUT2D eigenvalue weighted by molar-refractivity contribution is -0.108. The zero-order chi connectivity index (χ0) is 5.98. The summed E-state index contributed by atoms with van der Waals surface area (Å²) in [6, 6.07) is 0. The molecule has 0 N–H and O–H groups in total. The fraction of sp³-hybridized carbons (Fsp3) is 0. The van der Waals surface area contributed by atoms with Crippen molar-refractivity contribution < 1.29 is 4.79 Å². The van der Waals surface area contributed by atoms with Gasteiger partial charge in [0.15, 0.2) is 0 Å². The number of hydrogen-bond acceptors (Lipinski definition) is 2. The third-order valence-electron chi connectivity index (χ3n) is 0.736. The van der Waals surface area contributed by atoms with Crippen LogP contribution in [0.5, 0.6) is 0 Å². The zero-order valence-electron chi connectivity index (χ0n) is 4.00. The Morgan fingerprint density at radius 3 is 2.75 bits per heavy atom. The second kappa shape index (κ2) is 1.96. The molecule has 1 heterocycles. The van der Waals surface area contributed by atoms with E-state index in [1.165, 1.54) is 12.3 Å². The highest BCUT2D eigenvalue weighted by Gasteiger charge is 2.17. The molecule has 0 aromatic heterocycles. The van der Waals surface area contributed by atoms with Crippen molar-refractivity contribution in [3.8, 4) is 0 Å². The Hall–Kier alpha value is -0.830. The predicted molar refractivity (Wildman–Crippen MR) is 34.9 cm³/mol. The molecule has 1 aliphatic heterocycles. The molecule has 1 rings (SSSR count). The summed E-state index contributed by atoms with van der Waals surface area (Å²) in [6.07, 6.45) is 4.47. The van der Waals surface area contributed by atoms with Gasteiger partial charge in [-0.05, 0) is 6.08 Å². The van der Waals surface area contributed by atoms with Crippen molar-refractivity contribution in [2.75, 3.05) is 0 Å². The van der Waals surface area contributed by atoms with E-state index >= 15 is 0 Å². The van der Waals surface area contributed by atoms with Gasteiger partial charge in [0.1, 0.15) is 0 Å². The van der Waals surface area contributed by atoms with Gasteiger partial charge in [0, 0.05) is 18.3 Å². The molecule has 0 spiro atoms. The molecular formula is C5H3NOS+. The fourth-order valence-electron chi connectivity index (χ4n) is 0.376.